The molecule has 0 saturated heterocycles. The summed E-state index contributed by atoms with van der Waals surface area (Å²) >= 11 is 6.35. The van der Waals surface area contributed by atoms with Gasteiger partial charge in [-0.2, -0.15) is 14.6 Å². The van der Waals surface area contributed by atoms with Gasteiger partial charge < -0.3 is 10.3 Å². The van der Waals surface area contributed by atoms with Crippen molar-refractivity contribution < 1.29 is 0 Å². The molecular formula is C19H20ClN7O. The van der Waals surface area contributed by atoms with Crippen molar-refractivity contribution in [3.63, 3.8) is 0 Å². The molecule has 0 atom stereocenters. The molecule has 1 aromatic carbocycles. The van der Waals surface area contributed by atoms with E-state index >= 15 is 0 Å². The van der Waals surface area contributed by atoms with E-state index in [2.05, 4.69) is 32.4 Å². The molecule has 4 aromatic rings. The molecule has 28 heavy (non-hydrogen) atoms. The Morgan fingerprint density at radius 1 is 1.25 bits per heavy atom. The number of anilines is 1. The van der Waals surface area contributed by atoms with E-state index in [1.54, 1.807) is 10.7 Å². The van der Waals surface area contributed by atoms with Crippen molar-refractivity contribution in [3.05, 3.63) is 63.3 Å². The monoisotopic (exact) mass is 397 g/mol. The summed E-state index contributed by atoms with van der Waals surface area (Å²) in [5, 5.41) is 12.2. The third kappa shape index (κ3) is 3.63. The molecule has 8 nitrogen and oxygen atoms in total. The van der Waals surface area contributed by atoms with Gasteiger partial charge in [0.15, 0.2) is 0 Å². The molecule has 0 aliphatic carbocycles. The second kappa shape index (κ2) is 7.47. The highest BCUT2D eigenvalue weighted by atomic mass is 35.5. The average molecular weight is 398 g/mol. The van der Waals surface area contributed by atoms with Gasteiger partial charge in [-0.15, -0.1) is 5.10 Å². The van der Waals surface area contributed by atoms with Crippen LogP contribution in [0.2, 0.25) is 5.02 Å². The van der Waals surface area contributed by atoms with Crippen LogP contribution in [0, 0.1) is 0 Å². The first-order chi connectivity index (χ1) is 13.5. The van der Waals surface area contributed by atoms with Crippen LogP contribution in [-0.2, 0) is 20.0 Å². The van der Waals surface area contributed by atoms with Gasteiger partial charge in [0.2, 0.25) is 11.7 Å². The Morgan fingerprint density at radius 2 is 2.11 bits per heavy atom. The molecular weight excluding hydrogens is 378 g/mol. The lowest BCUT2D eigenvalue weighted by atomic mass is 10.1. The largest absolute Gasteiger partial charge is 0.349 e. The third-order valence-corrected chi connectivity index (χ3v) is 4.79. The maximum Gasteiger partial charge on any atom is 0.275 e. The zero-order valence-corrected chi connectivity index (χ0v) is 16.4. The van der Waals surface area contributed by atoms with Crippen LogP contribution in [0.1, 0.15) is 24.6 Å². The Kier molecular flexibility index (Phi) is 4.87. The minimum absolute atomic E-state index is 0.200. The van der Waals surface area contributed by atoms with Gasteiger partial charge in [-0.1, -0.05) is 31.0 Å². The first kappa shape index (κ1) is 18.2. The van der Waals surface area contributed by atoms with E-state index in [9.17, 15) is 4.79 Å². The van der Waals surface area contributed by atoms with Crippen molar-refractivity contribution in [2.45, 2.75) is 26.3 Å². The molecule has 4 rings (SSSR count). The minimum Gasteiger partial charge on any atom is -0.349 e. The highest BCUT2D eigenvalue weighted by Crippen LogP contribution is 2.25. The molecule has 0 saturated carbocycles. The number of hydrogen-bond acceptors (Lipinski definition) is 5. The second-order valence-electron chi connectivity index (χ2n) is 6.62. The summed E-state index contributed by atoms with van der Waals surface area (Å²) in [4.78, 5) is 19.7. The van der Waals surface area contributed by atoms with Crippen LogP contribution in [0.3, 0.4) is 0 Å². The zero-order chi connectivity index (χ0) is 19.7. The molecule has 9 heteroatoms. The lowest BCUT2D eigenvalue weighted by Gasteiger charge is -2.07. The number of rotatable bonds is 6. The van der Waals surface area contributed by atoms with E-state index < -0.39 is 0 Å². The number of halogens is 1. The van der Waals surface area contributed by atoms with E-state index in [-0.39, 0.29) is 5.56 Å². The highest BCUT2D eigenvalue weighted by molar-refractivity contribution is 6.31. The van der Waals surface area contributed by atoms with Crippen molar-refractivity contribution >= 4 is 23.3 Å². The third-order valence-electron chi connectivity index (χ3n) is 4.43. The molecule has 0 unspecified atom stereocenters. The van der Waals surface area contributed by atoms with Gasteiger partial charge >= 0.3 is 0 Å². The topological polar surface area (TPSA) is 92.9 Å². The Hall–Kier alpha value is -3.13. The van der Waals surface area contributed by atoms with Gasteiger partial charge in [-0.05, 0) is 29.7 Å². The quantitative estimate of drug-likeness (QED) is 0.521. The molecule has 0 aliphatic heterocycles. The molecule has 3 heterocycles. The SMILES string of the molecule is CCCc1cc(=O)n2nc(NCc3cc(-c4cnn(C)c4)ccc3Cl)nc2[nH]1. The smallest absolute Gasteiger partial charge is 0.275 e. The number of aromatic amines is 1. The standard InChI is InChI=1S/C19H20ClN7O/c1-3-4-15-8-17(28)27-19(23-15)24-18(25-27)21-9-13-7-12(5-6-16(13)20)14-10-22-26(2)11-14/h5-8,10-11H,3-4,9H2,1-2H3,(H2,21,23,24,25). The Labute approximate surface area is 166 Å². The summed E-state index contributed by atoms with van der Waals surface area (Å²) in [7, 11) is 1.88. The molecule has 0 amide bonds. The lowest BCUT2D eigenvalue weighted by Crippen LogP contribution is -2.15. The van der Waals surface area contributed by atoms with Crippen LogP contribution in [0.4, 0.5) is 5.95 Å². The fourth-order valence-corrected chi connectivity index (χ4v) is 3.23. The summed E-state index contributed by atoms with van der Waals surface area (Å²) in [6, 6.07) is 7.38. The Bertz CT molecular complexity index is 1190. The average Bonchev–Trinajstić information content (AvgIpc) is 3.28. The maximum atomic E-state index is 12.2. The lowest BCUT2D eigenvalue weighted by molar-refractivity contribution is 0.768. The number of fused-ring (bicyclic) bond motifs is 1. The van der Waals surface area contributed by atoms with E-state index in [1.807, 2.05) is 37.6 Å². The first-order valence-corrected chi connectivity index (χ1v) is 9.41. The number of aromatic nitrogens is 6. The van der Waals surface area contributed by atoms with Crippen molar-refractivity contribution in [1.82, 2.24) is 29.4 Å². The molecule has 0 fully saturated rings. The molecule has 0 radical (unpaired) electrons. The normalized spacial score (nSPS) is 11.2. The van der Waals surface area contributed by atoms with E-state index in [0.717, 1.165) is 35.2 Å². The summed E-state index contributed by atoms with van der Waals surface area (Å²) in [5.74, 6) is 0.790. The second-order valence-corrected chi connectivity index (χ2v) is 7.02. The van der Waals surface area contributed by atoms with Crippen LogP contribution < -0.4 is 10.9 Å². The number of H-pyrrole nitrogens is 1. The fourth-order valence-electron chi connectivity index (χ4n) is 3.05. The number of aryl methyl sites for hydroxylation is 2. The number of benzene rings is 1. The van der Waals surface area contributed by atoms with Gasteiger partial charge in [0.1, 0.15) is 0 Å². The van der Waals surface area contributed by atoms with Crippen LogP contribution in [-0.4, -0.2) is 29.4 Å². The van der Waals surface area contributed by atoms with E-state index in [1.165, 1.54) is 4.52 Å². The van der Waals surface area contributed by atoms with Crippen LogP contribution in [0.5, 0.6) is 0 Å². The minimum atomic E-state index is -0.200. The molecule has 0 bridgehead atoms. The van der Waals surface area contributed by atoms with Gasteiger partial charge in [0.25, 0.3) is 5.56 Å². The highest BCUT2D eigenvalue weighted by Gasteiger charge is 2.10. The fraction of sp³-hybridized carbons (Fsp3) is 0.263. The van der Waals surface area contributed by atoms with Gasteiger partial charge in [0, 0.05) is 42.1 Å². The van der Waals surface area contributed by atoms with Gasteiger partial charge in [0.05, 0.1) is 6.20 Å². The van der Waals surface area contributed by atoms with Crippen molar-refractivity contribution in [2.75, 3.05) is 5.32 Å². The first-order valence-electron chi connectivity index (χ1n) is 9.04. The van der Waals surface area contributed by atoms with E-state index in [0.29, 0.717) is 23.3 Å². The van der Waals surface area contributed by atoms with Gasteiger partial charge in [-0.3, -0.25) is 9.48 Å². The summed E-state index contributed by atoms with van der Waals surface area (Å²) in [6.45, 7) is 2.49. The predicted octanol–water partition coefficient (Wildman–Crippen LogP) is 3.04. The van der Waals surface area contributed by atoms with E-state index in [4.69, 9.17) is 11.6 Å². The Balaban J connectivity index is 1.57. The molecule has 3 aromatic heterocycles. The summed E-state index contributed by atoms with van der Waals surface area (Å²) < 4.78 is 3.02. The molecule has 0 aliphatic rings. The van der Waals surface area contributed by atoms with Gasteiger partial charge in [-0.25, -0.2) is 0 Å². The summed E-state index contributed by atoms with van der Waals surface area (Å²) in [6.07, 6.45) is 5.49. The van der Waals surface area contributed by atoms with Crippen molar-refractivity contribution in [2.24, 2.45) is 7.05 Å². The molecule has 144 valence electrons. The van der Waals surface area contributed by atoms with Crippen molar-refractivity contribution in [3.8, 4) is 11.1 Å². The summed E-state index contributed by atoms with van der Waals surface area (Å²) in [5.41, 5.74) is 3.59. The number of hydrogen-bond donors (Lipinski definition) is 2. The van der Waals surface area contributed by atoms with Crippen LogP contribution in [0.15, 0.2) is 41.5 Å². The van der Waals surface area contributed by atoms with Crippen LogP contribution in [0.25, 0.3) is 16.9 Å². The Morgan fingerprint density at radius 3 is 2.86 bits per heavy atom. The van der Waals surface area contributed by atoms with Crippen LogP contribution >= 0.6 is 11.6 Å². The van der Waals surface area contributed by atoms with Crippen molar-refractivity contribution in [1.29, 1.82) is 0 Å². The number of nitrogens with one attached hydrogen (secondary N) is 2. The number of nitrogens with zero attached hydrogens (tertiary/aromatic N) is 5. The molecule has 2 N–H and O–H groups in total. The predicted molar refractivity (Wildman–Crippen MR) is 109 cm³/mol. The maximum absolute atomic E-state index is 12.2. The zero-order valence-electron chi connectivity index (χ0n) is 15.6. The molecule has 0 spiro atoms.